The SMILES string of the molecule is CCCCC1CC(NC2CCCC2)CN(C(=O)OC)C1. The Balaban J connectivity index is 1.89. The van der Waals surface area contributed by atoms with Crippen molar-refractivity contribution in [1.82, 2.24) is 10.2 Å². The number of nitrogens with one attached hydrogen (secondary N) is 1. The van der Waals surface area contributed by atoms with Crippen molar-refractivity contribution in [2.24, 2.45) is 5.92 Å². The van der Waals surface area contributed by atoms with Gasteiger partial charge in [0.2, 0.25) is 0 Å². The van der Waals surface area contributed by atoms with Gasteiger partial charge in [0, 0.05) is 25.2 Å². The maximum Gasteiger partial charge on any atom is 0.409 e. The number of amides is 1. The summed E-state index contributed by atoms with van der Waals surface area (Å²) in [5.41, 5.74) is 0. The van der Waals surface area contributed by atoms with Crippen LogP contribution in [0.25, 0.3) is 0 Å². The fourth-order valence-electron chi connectivity index (χ4n) is 3.73. The average Bonchev–Trinajstić information content (AvgIpc) is 2.96. The van der Waals surface area contributed by atoms with Gasteiger partial charge in [0.25, 0.3) is 0 Å². The third kappa shape index (κ3) is 4.37. The average molecular weight is 282 g/mol. The van der Waals surface area contributed by atoms with E-state index < -0.39 is 0 Å². The molecular weight excluding hydrogens is 252 g/mol. The van der Waals surface area contributed by atoms with Crippen molar-refractivity contribution in [3.05, 3.63) is 0 Å². The molecule has 0 bridgehead atoms. The Bertz CT molecular complexity index is 303. The van der Waals surface area contributed by atoms with Crippen molar-refractivity contribution in [3.8, 4) is 0 Å². The minimum atomic E-state index is -0.163. The van der Waals surface area contributed by atoms with Crippen LogP contribution < -0.4 is 5.32 Å². The van der Waals surface area contributed by atoms with Crippen LogP contribution >= 0.6 is 0 Å². The molecule has 1 amide bonds. The molecule has 0 aromatic rings. The quantitative estimate of drug-likeness (QED) is 0.842. The monoisotopic (exact) mass is 282 g/mol. The highest BCUT2D eigenvalue weighted by atomic mass is 16.5. The molecule has 2 aliphatic rings. The molecule has 2 unspecified atom stereocenters. The molecule has 0 aromatic carbocycles. The summed E-state index contributed by atoms with van der Waals surface area (Å²) in [6, 6.07) is 1.12. The molecule has 1 aliphatic carbocycles. The topological polar surface area (TPSA) is 41.6 Å². The molecule has 1 aliphatic heterocycles. The van der Waals surface area contributed by atoms with Crippen LogP contribution in [0.15, 0.2) is 0 Å². The van der Waals surface area contributed by atoms with Gasteiger partial charge in [-0.05, 0) is 31.6 Å². The summed E-state index contributed by atoms with van der Waals surface area (Å²) in [5.74, 6) is 0.627. The van der Waals surface area contributed by atoms with E-state index in [1.165, 1.54) is 58.5 Å². The van der Waals surface area contributed by atoms with E-state index in [0.29, 0.717) is 18.0 Å². The van der Waals surface area contributed by atoms with Gasteiger partial charge in [-0.2, -0.15) is 0 Å². The summed E-state index contributed by atoms with van der Waals surface area (Å²) in [4.78, 5) is 13.7. The zero-order valence-corrected chi connectivity index (χ0v) is 13.1. The summed E-state index contributed by atoms with van der Waals surface area (Å²) in [7, 11) is 1.48. The second kappa shape index (κ2) is 7.87. The zero-order chi connectivity index (χ0) is 14.4. The number of hydrogen-bond acceptors (Lipinski definition) is 3. The molecule has 2 rings (SSSR count). The van der Waals surface area contributed by atoms with Gasteiger partial charge in [-0.3, -0.25) is 0 Å². The molecule has 1 saturated heterocycles. The highest BCUT2D eigenvalue weighted by Gasteiger charge is 2.31. The van der Waals surface area contributed by atoms with E-state index in [4.69, 9.17) is 4.74 Å². The van der Waals surface area contributed by atoms with Crippen LogP contribution in [0.4, 0.5) is 4.79 Å². The molecule has 20 heavy (non-hydrogen) atoms. The highest BCUT2D eigenvalue weighted by molar-refractivity contribution is 5.67. The van der Waals surface area contributed by atoms with Crippen molar-refractivity contribution < 1.29 is 9.53 Å². The molecule has 1 N–H and O–H groups in total. The normalized spacial score (nSPS) is 27.8. The summed E-state index contributed by atoms with van der Waals surface area (Å²) in [5, 5.41) is 3.78. The number of carbonyl (C=O) groups is 1. The fraction of sp³-hybridized carbons (Fsp3) is 0.938. The van der Waals surface area contributed by atoms with Crippen LogP contribution in [0.2, 0.25) is 0 Å². The Morgan fingerprint density at radius 3 is 2.65 bits per heavy atom. The maximum absolute atomic E-state index is 11.8. The molecule has 0 radical (unpaired) electrons. The number of nitrogens with zero attached hydrogens (tertiary/aromatic N) is 1. The van der Waals surface area contributed by atoms with E-state index in [1.807, 2.05) is 4.90 Å². The summed E-state index contributed by atoms with van der Waals surface area (Å²) in [6.45, 7) is 3.91. The first-order valence-electron chi connectivity index (χ1n) is 8.31. The Hall–Kier alpha value is -0.770. The van der Waals surface area contributed by atoms with E-state index in [2.05, 4.69) is 12.2 Å². The molecule has 4 nitrogen and oxygen atoms in total. The Kier molecular flexibility index (Phi) is 6.14. The largest absolute Gasteiger partial charge is 0.453 e. The molecular formula is C16H30N2O2. The number of unbranched alkanes of at least 4 members (excludes halogenated alkanes) is 1. The highest BCUT2D eigenvalue weighted by Crippen LogP contribution is 2.25. The lowest BCUT2D eigenvalue weighted by atomic mass is 9.89. The zero-order valence-electron chi connectivity index (χ0n) is 13.1. The van der Waals surface area contributed by atoms with Crippen molar-refractivity contribution >= 4 is 6.09 Å². The second-order valence-electron chi connectivity index (χ2n) is 6.46. The molecule has 1 saturated carbocycles. The number of rotatable bonds is 5. The van der Waals surface area contributed by atoms with Crippen molar-refractivity contribution in [2.75, 3.05) is 20.2 Å². The van der Waals surface area contributed by atoms with Crippen molar-refractivity contribution in [2.45, 2.75) is 70.4 Å². The van der Waals surface area contributed by atoms with Crippen molar-refractivity contribution in [3.63, 3.8) is 0 Å². The predicted octanol–water partition coefficient (Wildman–Crippen LogP) is 3.17. The number of methoxy groups -OCH3 is 1. The predicted molar refractivity (Wildman–Crippen MR) is 80.8 cm³/mol. The molecule has 2 atom stereocenters. The first-order chi connectivity index (χ1) is 9.72. The Labute approximate surface area is 123 Å². The molecule has 2 fully saturated rings. The maximum atomic E-state index is 11.8. The van der Waals surface area contributed by atoms with Gasteiger partial charge in [-0.1, -0.05) is 32.6 Å². The number of piperidine rings is 1. The standard InChI is InChI=1S/C16H30N2O2/c1-3-4-7-13-10-15(17-14-8-5-6-9-14)12-18(11-13)16(19)20-2/h13-15,17H,3-12H2,1-2H3. The lowest BCUT2D eigenvalue weighted by molar-refractivity contribution is 0.0866. The van der Waals surface area contributed by atoms with Crippen LogP contribution in [0.1, 0.15) is 58.3 Å². The van der Waals surface area contributed by atoms with E-state index in [1.54, 1.807) is 0 Å². The first kappa shape index (κ1) is 15.6. The summed E-state index contributed by atoms with van der Waals surface area (Å²) >= 11 is 0. The number of likely N-dealkylation sites (tertiary alicyclic amines) is 1. The lowest BCUT2D eigenvalue weighted by Gasteiger charge is -2.38. The minimum Gasteiger partial charge on any atom is -0.453 e. The van der Waals surface area contributed by atoms with Gasteiger partial charge in [-0.15, -0.1) is 0 Å². The molecule has 4 heteroatoms. The number of carbonyl (C=O) groups excluding carboxylic acids is 1. The van der Waals surface area contributed by atoms with Crippen LogP contribution in [-0.4, -0.2) is 43.3 Å². The molecule has 0 spiro atoms. The lowest BCUT2D eigenvalue weighted by Crippen LogP contribution is -2.53. The van der Waals surface area contributed by atoms with Gasteiger partial charge in [0.05, 0.1) is 7.11 Å². The third-order valence-electron chi connectivity index (χ3n) is 4.76. The van der Waals surface area contributed by atoms with Crippen LogP contribution in [0.3, 0.4) is 0 Å². The van der Waals surface area contributed by atoms with Gasteiger partial charge < -0.3 is 15.0 Å². The van der Waals surface area contributed by atoms with E-state index in [-0.39, 0.29) is 6.09 Å². The minimum absolute atomic E-state index is 0.163. The Morgan fingerprint density at radius 2 is 2.00 bits per heavy atom. The smallest absolute Gasteiger partial charge is 0.409 e. The summed E-state index contributed by atoms with van der Waals surface area (Å²) in [6.07, 6.45) is 10.1. The van der Waals surface area contributed by atoms with E-state index >= 15 is 0 Å². The Morgan fingerprint density at radius 1 is 1.25 bits per heavy atom. The van der Waals surface area contributed by atoms with Crippen LogP contribution in [0, 0.1) is 5.92 Å². The van der Waals surface area contributed by atoms with E-state index in [9.17, 15) is 4.79 Å². The number of hydrogen-bond donors (Lipinski definition) is 1. The van der Waals surface area contributed by atoms with Gasteiger partial charge in [-0.25, -0.2) is 4.79 Å². The molecule has 116 valence electrons. The first-order valence-corrected chi connectivity index (χ1v) is 8.31. The van der Waals surface area contributed by atoms with Crippen LogP contribution in [0.5, 0.6) is 0 Å². The summed E-state index contributed by atoms with van der Waals surface area (Å²) < 4.78 is 4.92. The molecule has 0 aromatic heterocycles. The number of ether oxygens (including phenoxy) is 1. The van der Waals surface area contributed by atoms with Gasteiger partial charge in [0.1, 0.15) is 0 Å². The van der Waals surface area contributed by atoms with Gasteiger partial charge in [0.15, 0.2) is 0 Å². The third-order valence-corrected chi connectivity index (χ3v) is 4.76. The second-order valence-corrected chi connectivity index (χ2v) is 6.46. The van der Waals surface area contributed by atoms with E-state index in [0.717, 1.165) is 13.1 Å². The van der Waals surface area contributed by atoms with Gasteiger partial charge >= 0.3 is 6.09 Å². The van der Waals surface area contributed by atoms with Crippen LogP contribution in [-0.2, 0) is 4.74 Å². The fourth-order valence-corrected chi connectivity index (χ4v) is 3.73. The van der Waals surface area contributed by atoms with Crippen molar-refractivity contribution in [1.29, 1.82) is 0 Å². The molecule has 1 heterocycles.